The Morgan fingerprint density at radius 2 is 0.806 bits per heavy atom. The first kappa shape index (κ1) is 19.7. The molecule has 0 radical (unpaired) electrons. The van der Waals surface area contributed by atoms with Crippen molar-refractivity contribution in [2.24, 2.45) is 0 Å². The van der Waals surface area contributed by atoms with Gasteiger partial charge >= 0.3 is 0 Å². The van der Waals surface area contributed by atoms with Crippen LogP contribution in [-0.2, 0) is 9.47 Å². The molecule has 0 aromatic heterocycles. The van der Waals surface area contributed by atoms with Crippen LogP contribution in [0.15, 0.2) is 84.9 Å². The highest BCUT2D eigenvalue weighted by Crippen LogP contribution is 2.57. The molecule has 4 heterocycles. The van der Waals surface area contributed by atoms with Gasteiger partial charge in [-0.05, 0) is 91.7 Å². The van der Waals surface area contributed by atoms with Crippen LogP contribution < -0.4 is 0 Å². The molecule has 36 heavy (non-hydrogen) atoms. The molecule has 0 spiro atoms. The van der Waals surface area contributed by atoms with Crippen LogP contribution in [0, 0.1) is 0 Å². The van der Waals surface area contributed by atoms with E-state index in [9.17, 15) is 0 Å². The number of rotatable bonds is 2. The fourth-order valence-corrected chi connectivity index (χ4v) is 7.75. The van der Waals surface area contributed by atoms with Crippen molar-refractivity contribution in [3.05, 3.63) is 107 Å². The van der Waals surface area contributed by atoms with E-state index in [2.05, 4.69) is 84.9 Å². The summed E-state index contributed by atoms with van der Waals surface area (Å²) >= 11 is 0. The van der Waals surface area contributed by atoms with Crippen molar-refractivity contribution < 1.29 is 9.47 Å². The summed E-state index contributed by atoms with van der Waals surface area (Å²) in [6, 6.07) is 31.7. The molecule has 5 aromatic carbocycles. The zero-order valence-electron chi connectivity index (χ0n) is 20.0. The summed E-state index contributed by atoms with van der Waals surface area (Å²) in [5, 5.41) is 5.29. The number of hydrogen-bond acceptors (Lipinski definition) is 2. The summed E-state index contributed by atoms with van der Waals surface area (Å²) in [6.07, 6.45) is 5.53. The van der Waals surface area contributed by atoms with Crippen molar-refractivity contribution in [1.82, 2.24) is 0 Å². The smallest absolute Gasteiger partial charge is 0.0844 e. The van der Waals surface area contributed by atoms with E-state index in [4.69, 9.17) is 9.47 Å². The fraction of sp³-hybridized carbons (Fsp3) is 0.235. The minimum Gasteiger partial charge on any atom is -0.366 e. The second-order valence-electron chi connectivity index (χ2n) is 10.8. The van der Waals surface area contributed by atoms with E-state index in [1.165, 1.54) is 66.1 Å². The lowest BCUT2D eigenvalue weighted by Gasteiger charge is -2.23. The Kier molecular flexibility index (Phi) is 3.86. The Labute approximate surface area is 210 Å². The number of fused-ring (bicyclic) bond motifs is 12. The zero-order chi connectivity index (χ0) is 23.4. The molecule has 0 aliphatic carbocycles. The molecular formula is C34H26O2. The summed E-state index contributed by atoms with van der Waals surface area (Å²) in [4.78, 5) is 0. The third-order valence-electron chi connectivity index (χ3n) is 9.13. The molecule has 2 saturated heterocycles. The van der Waals surface area contributed by atoms with E-state index in [1.807, 2.05) is 0 Å². The van der Waals surface area contributed by atoms with Gasteiger partial charge in [0, 0.05) is 0 Å². The number of ether oxygens (including phenoxy) is 2. The topological polar surface area (TPSA) is 18.5 Å². The first-order chi connectivity index (χ1) is 17.9. The van der Waals surface area contributed by atoms with Gasteiger partial charge in [-0.25, -0.2) is 0 Å². The molecule has 0 saturated carbocycles. The van der Waals surface area contributed by atoms with Gasteiger partial charge in [0.2, 0.25) is 0 Å². The van der Waals surface area contributed by atoms with Gasteiger partial charge in [0.05, 0.1) is 24.4 Å². The SMILES string of the molecule is c1cc(-c2c3ccccc3c(-c3cccc4c3C3CCC4O3)c3ccccc23)c2c(c1)C1CCC2O1. The number of benzene rings is 5. The standard InChI is InChI=1S/C34H26O2/c1-2-8-20-19(7-1)31(25-13-5-11-23-27-15-17-29(35-27)33(23)25)21-9-3-4-10-22(21)32(20)26-14-6-12-24-28-16-18-30(36-28)34(24)26/h1-14,27-30H,15-18H2. The van der Waals surface area contributed by atoms with Crippen LogP contribution in [-0.4, -0.2) is 0 Å². The highest BCUT2D eigenvalue weighted by atomic mass is 16.5. The van der Waals surface area contributed by atoms with E-state index in [1.54, 1.807) is 0 Å². The fourth-order valence-electron chi connectivity index (χ4n) is 7.75. The molecule has 174 valence electrons. The second-order valence-corrected chi connectivity index (χ2v) is 10.8. The lowest BCUT2D eigenvalue weighted by Crippen LogP contribution is -2.03. The van der Waals surface area contributed by atoms with Gasteiger partial charge in [-0.1, -0.05) is 84.9 Å². The van der Waals surface area contributed by atoms with Gasteiger partial charge in [0.1, 0.15) is 0 Å². The normalized spacial score (nSPS) is 25.1. The maximum atomic E-state index is 6.39. The van der Waals surface area contributed by atoms with Crippen LogP contribution in [0.3, 0.4) is 0 Å². The van der Waals surface area contributed by atoms with Crippen LogP contribution >= 0.6 is 0 Å². The van der Waals surface area contributed by atoms with E-state index in [0.29, 0.717) is 0 Å². The Bertz CT molecular complexity index is 1550. The zero-order valence-corrected chi connectivity index (χ0v) is 20.0. The summed E-state index contributed by atoms with van der Waals surface area (Å²) in [7, 11) is 0. The molecule has 2 heteroatoms. The number of hydrogen-bond donors (Lipinski definition) is 0. The van der Waals surface area contributed by atoms with Gasteiger partial charge in [-0.3, -0.25) is 0 Å². The molecule has 4 atom stereocenters. The maximum absolute atomic E-state index is 6.39. The first-order valence-corrected chi connectivity index (χ1v) is 13.4. The minimum atomic E-state index is 0.225. The molecule has 0 amide bonds. The molecule has 4 aliphatic heterocycles. The van der Waals surface area contributed by atoms with Crippen LogP contribution in [0.25, 0.3) is 43.8 Å². The predicted octanol–water partition coefficient (Wildman–Crippen LogP) is 9.14. The molecule has 9 rings (SSSR count). The monoisotopic (exact) mass is 466 g/mol. The Hall–Kier alpha value is -3.46. The molecule has 4 unspecified atom stereocenters. The van der Waals surface area contributed by atoms with Crippen molar-refractivity contribution in [2.45, 2.75) is 50.1 Å². The summed E-state index contributed by atoms with van der Waals surface area (Å²) < 4.78 is 12.8. The van der Waals surface area contributed by atoms with Crippen LogP contribution in [0.4, 0.5) is 0 Å². The quantitative estimate of drug-likeness (QED) is 0.242. The first-order valence-electron chi connectivity index (χ1n) is 13.4. The van der Waals surface area contributed by atoms with Crippen LogP contribution in [0.2, 0.25) is 0 Å². The highest BCUT2D eigenvalue weighted by Gasteiger charge is 2.41. The lowest BCUT2D eigenvalue weighted by molar-refractivity contribution is 0.0717. The van der Waals surface area contributed by atoms with Crippen molar-refractivity contribution >= 4 is 21.5 Å². The lowest BCUT2D eigenvalue weighted by atomic mass is 9.79. The minimum absolute atomic E-state index is 0.225. The van der Waals surface area contributed by atoms with Crippen molar-refractivity contribution in [3.8, 4) is 22.3 Å². The summed E-state index contributed by atoms with van der Waals surface area (Å²) in [5.74, 6) is 0. The van der Waals surface area contributed by atoms with Gasteiger partial charge in [-0.2, -0.15) is 0 Å². The Morgan fingerprint density at radius 3 is 1.22 bits per heavy atom. The van der Waals surface area contributed by atoms with E-state index in [-0.39, 0.29) is 24.4 Å². The average molecular weight is 467 g/mol. The van der Waals surface area contributed by atoms with Crippen molar-refractivity contribution in [2.75, 3.05) is 0 Å². The van der Waals surface area contributed by atoms with E-state index in [0.717, 1.165) is 25.7 Å². The van der Waals surface area contributed by atoms with Gasteiger partial charge in [0.25, 0.3) is 0 Å². The maximum Gasteiger partial charge on any atom is 0.0844 e. The predicted molar refractivity (Wildman–Crippen MR) is 144 cm³/mol. The molecule has 2 fully saturated rings. The van der Waals surface area contributed by atoms with Gasteiger partial charge in [-0.15, -0.1) is 0 Å². The third kappa shape index (κ3) is 2.44. The third-order valence-corrected chi connectivity index (χ3v) is 9.13. The average Bonchev–Trinajstić information content (AvgIpc) is 3.74. The second kappa shape index (κ2) is 7.06. The van der Waals surface area contributed by atoms with E-state index >= 15 is 0 Å². The molecule has 2 nitrogen and oxygen atoms in total. The summed E-state index contributed by atoms with van der Waals surface area (Å²) in [6.45, 7) is 0. The van der Waals surface area contributed by atoms with Gasteiger partial charge < -0.3 is 9.47 Å². The largest absolute Gasteiger partial charge is 0.366 e. The summed E-state index contributed by atoms with van der Waals surface area (Å²) in [5.41, 5.74) is 11.0. The van der Waals surface area contributed by atoms with Crippen molar-refractivity contribution in [3.63, 3.8) is 0 Å². The Balaban J connectivity index is 1.42. The molecule has 4 aliphatic rings. The molecular weight excluding hydrogens is 440 g/mol. The van der Waals surface area contributed by atoms with E-state index < -0.39 is 0 Å². The Morgan fingerprint density at radius 1 is 0.417 bits per heavy atom. The highest BCUT2D eigenvalue weighted by molar-refractivity contribution is 6.22. The van der Waals surface area contributed by atoms with Gasteiger partial charge in [0.15, 0.2) is 0 Å². The van der Waals surface area contributed by atoms with Crippen molar-refractivity contribution in [1.29, 1.82) is 0 Å². The van der Waals surface area contributed by atoms with Crippen LogP contribution in [0.1, 0.15) is 72.4 Å². The molecule has 4 bridgehead atoms. The van der Waals surface area contributed by atoms with Crippen LogP contribution in [0.5, 0.6) is 0 Å². The molecule has 5 aromatic rings. The molecule has 0 N–H and O–H groups in total.